The Hall–Kier alpha value is -3.85. The van der Waals surface area contributed by atoms with E-state index >= 15 is 0 Å². The van der Waals surface area contributed by atoms with Crippen LogP contribution in [0.15, 0.2) is 42.7 Å². The molecule has 176 valence electrons. The van der Waals surface area contributed by atoms with Gasteiger partial charge in [0.25, 0.3) is 5.91 Å². The van der Waals surface area contributed by atoms with Crippen molar-refractivity contribution in [2.75, 3.05) is 20.1 Å². The summed E-state index contributed by atoms with van der Waals surface area (Å²) in [7, 11) is 1.60. The van der Waals surface area contributed by atoms with Crippen LogP contribution in [0.25, 0.3) is 16.4 Å². The van der Waals surface area contributed by atoms with Gasteiger partial charge in [0.2, 0.25) is 0 Å². The molecule has 34 heavy (non-hydrogen) atoms. The lowest BCUT2D eigenvalue weighted by atomic mass is 10.1. The molecule has 1 aliphatic rings. The van der Waals surface area contributed by atoms with Crippen molar-refractivity contribution < 1.29 is 19.4 Å². The fourth-order valence-corrected chi connectivity index (χ4v) is 4.71. The molecular formula is C25H27N5O4. The van der Waals surface area contributed by atoms with Gasteiger partial charge in [-0.05, 0) is 57.0 Å². The monoisotopic (exact) mass is 461 g/mol. The number of rotatable bonds is 3. The lowest BCUT2D eigenvalue weighted by Gasteiger charge is -2.18. The maximum atomic E-state index is 13.2. The third-order valence-electron chi connectivity index (χ3n) is 6.46. The highest BCUT2D eigenvalue weighted by Gasteiger charge is 2.35. The Kier molecular flexibility index (Phi) is 5.09. The van der Waals surface area contributed by atoms with Crippen molar-refractivity contribution in [3.63, 3.8) is 0 Å². The summed E-state index contributed by atoms with van der Waals surface area (Å²) in [5.41, 5.74) is 2.76. The summed E-state index contributed by atoms with van der Waals surface area (Å²) in [5, 5.41) is 18.2. The van der Waals surface area contributed by atoms with Crippen molar-refractivity contribution in [3.05, 3.63) is 59.5 Å². The molecule has 1 aromatic carbocycles. The van der Waals surface area contributed by atoms with E-state index in [1.165, 1.54) is 0 Å². The zero-order valence-corrected chi connectivity index (χ0v) is 19.6. The lowest BCUT2D eigenvalue weighted by molar-refractivity contribution is 0.0572. The summed E-state index contributed by atoms with van der Waals surface area (Å²) in [5.74, 6) is 1.06. The van der Waals surface area contributed by atoms with Gasteiger partial charge in [-0.3, -0.25) is 9.36 Å². The average molecular weight is 462 g/mol. The number of amides is 2. The number of benzene rings is 1. The Bertz CT molecular complexity index is 1450. The number of nitrogens with zero attached hydrogens (tertiary/aromatic N) is 4. The quantitative estimate of drug-likeness (QED) is 0.486. The van der Waals surface area contributed by atoms with E-state index in [4.69, 9.17) is 4.74 Å². The second kappa shape index (κ2) is 7.88. The maximum Gasteiger partial charge on any atom is 0.325 e. The first-order valence-electron chi connectivity index (χ1n) is 11.2. The van der Waals surface area contributed by atoms with E-state index in [1.54, 1.807) is 46.4 Å². The molecule has 2 N–H and O–H groups in total. The Morgan fingerprint density at radius 3 is 2.71 bits per heavy atom. The second-order valence-electron chi connectivity index (χ2n) is 9.13. The van der Waals surface area contributed by atoms with Gasteiger partial charge in [0.05, 0.1) is 22.9 Å². The molecule has 9 nitrogen and oxygen atoms in total. The molecule has 1 saturated heterocycles. The van der Waals surface area contributed by atoms with Crippen LogP contribution in [0, 0.1) is 13.8 Å². The van der Waals surface area contributed by atoms with Crippen molar-refractivity contribution in [3.8, 4) is 11.5 Å². The van der Waals surface area contributed by atoms with E-state index in [9.17, 15) is 14.7 Å². The van der Waals surface area contributed by atoms with Gasteiger partial charge in [0.1, 0.15) is 11.3 Å². The van der Waals surface area contributed by atoms with Gasteiger partial charge in [0.15, 0.2) is 5.75 Å². The number of β-amino-alcohol motifs (C(OH)–C–C–N with tert-alkyl or cyclic N) is 1. The number of likely N-dealkylation sites (tertiary alicyclic amines) is 1. The summed E-state index contributed by atoms with van der Waals surface area (Å²) in [6.45, 7) is 6.33. The summed E-state index contributed by atoms with van der Waals surface area (Å²) >= 11 is 0. The number of fused-ring (bicyclic) bond motifs is 2. The Morgan fingerprint density at radius 1 is 1.21 bits per heavy atom. The summed E-state index contributed by atoms with van der Waals surface area (Å²) in [6.07, 6.45) is 3.89. The highest BCUT2D eigenvalue weighted by atomic mass is 16.5. The molecular weight excluding hydrogens is 434 g/mol. The predicted molar refractivity (Wildman–Crippen MR) is 128 cm³/mol. The highest BCUT2D eigenvalue weighted by Crippen LogP contribution is 2.33. The van der Waals surface area contributed by atoms with Crippen LogP contribution in [0.4, 0.5) is 4.79 Å². The van der Waals surface area contributed by atoms with Gasteiger partial charge in [-0.1, -0.05) is 0 Å². The lowest BCUT2D eigenvalue weighted by Crippen LogP contribution is -2.34. The highest BCUT2D eigenvalue weighted by molar-refractivity contribution is 5.98. The molecule has 4 aromatic rings. The van der Waals surface area contributed by atoms with Crippen molar-refractivity contribution >= 4 is 28.4 Å². The van der Waals surface area contributed by atoms with Crippen LogP contribution in [0.5, 0.6) is 11.5 Å². The number of hydrogen-bond donors (Lipinski definition) is 2. The predicted octanol–water partition coefficient (Wildman–Crippen LogP) is 3.48. The van der Waals surface area contributed by atoms with Gasteiger partial charge in [-0.25, -0.2) is 9.31 Å². The normalized spacial score (nSPS) is 18.1. The largest absolute Gasteiger partial charge is 0.455 e. The maximum absolute atomic E-state index is 13.2. The van der Waals surface area contributed by atoms with Crippen LogP contribution in [-0.4, -0.2) is 61.9 Å². The Labute approximate surface area is 196 Å². The molecule has 5 rings (SSSR count). The molecule has 2 amide bonds. The first kappa shape index (κ1) is 22.0. The third-order valence-corrected chi connectivity index (χ3v) is 6.46. The topological polar surface area (TPSA) is 101 Å². The molecule has 0 aliphatic carbocycles. The first-order valence-corrected chi connectivity index (χ1v) is 11.2. The molecule has 1 aliphatic heterocycles. The second-order valence-corrected chi connectivity index (χ2v) is 9.13. The van der Waals surface area contributed by atoms with Crippen molar-refractivity contribution in [1.29, 1.82) is 0 Å². The Balaban J connectivity index is 1.49. The van der Waals surface area contributed by atoms with E-state index in [-0.39, 0.29) is 11.9 Å². The van der Waals surface area contributed by atoms with Gasteiger partial charge < -0.3 is 20.1 Å². The van der Waals surface area contributed by atoms with Crippen molar-refractivity contribution in [2.45, 2.75) is 32.8 Å². The molecule has 0 bridgehead atoms. The van der Waals surface area contributed by atoms with E-state index in [1.807, 2.05) is 38.1 Å². The van der Waals surface area contributed by atoms with Crippen LogP contribution < -0.4 is 10.1 Å². The molecule has 0 radical (unpaired) electrons. The number of carbonyl (C=O) groups excluding carboxylic acids is 2. The fourth-order valence-electron chi connectivity index (χ4n) is 4.71. The summed E-state index contributed by atoms with van der Waals surface area (Å²) in [6, 6.07) is 9.05. The minimum atomic E-state index is -0.858. The van der Waals surface area contributed by atoms with Crippen LogP contribution in [0.1, 0.15) is 35.0 Å². The molecule has 4 heterocycles. The zero-order valence-electron chi connectivity index (χ0n) is 19.6. The van der Waals surface area contributed by atoms with Gasteiger partial charge >= 0.3 is 6.03 Å². The number of aliphatic hydroxyl groups is 1. The Morgan fingerprint density at radius 2 is 2.00 bits per heavy atom. The number of nitrogens with one attached hydrogen (secondary N) is 1. The smallest absolute Gasteiger partial charge is 0.325 e. The minimum absolute atomic E-state index is 0.126. The van der Waals surface area contributed by atoms with E-state index in [0.717, 1.165) is 22.2 Å². The van der Waals surface area contributed by atoms with Crippen LogP contribution in [0.3, 0.4) is 0 Å². The van der Waals surface area contributed by atoms with Gasteiger partial charge in [-0.2, -0.15) is 5.10 Å². The van der Waals surface area contributed by atoms with E-state index in [0.29, 0.717) is 42.1 Å². The minimum Gasteiger partial charge on any atom is -0.455 e. The van der Waals surface area contributed by atoms with Gasteiger partial charge in [-0.15, -0.1) is 0 Å². The number of ether oxygens (including phenoxy) is 1. The number of hydrogen-bond acceptors (Lipinski definition) is 5. The third kappa shape index (κ3) is 3.58. The zero-order chi connectivity index (χ0) is 24.2. The summed E-state index contributed by atoms with van der Waals surface area (Å²) < 4.78 is 9.50. The van der Waals surface area contributed by atoms with Crippen LogP contribution in [-0.2, 0) is 0 Å². The van der Waals surface area contributed by atoms with Crippen molar-refractivity contribution in [1.82, 2.24) is 24.4 Å². The van der Waals surface area contributed by atoms with Crippen LogP contribution in [0.2, 0.25) is 0 Å². The molecule has 1 fully saturated rings. The number of carbonyl (C=O) groups is 2. The molecule has 0 saturated carbocycles. The molecule has 3 aromatic heterocycles. The first-order chi connectivity index (χ1) is 16.2. The van der Waals surface area contributed by atoms with Crippen LogP contribution >= 0.6 is 0 Å². The molecule has 1 atom stereocenters. The van der Waals surface area contributed by atoms with E-state index < -0.39 is 5.60 Å². The molecule has 9 heteroatoms. The van der Waals surface area contributed by atoms with Crippen molar-refractivity contribution in [2.24, 2.45) is 0 Å². The number of aromatic nitrogens is 3. The SMILES string of the molecule is CNC(=O)n1c(C)cc2cc(Oc3ccnn4cc(C(=O)N5CC[C@](C)(O)C5)c(C)c34)ccc21. The average Bonchev–Trinajstić information content (AvgIpc) is 3.45. The molecule has 0 spiro atoms. The van der Waals surface area contributed by atoms with Gasteiger partial charge in [0, 0.05) is 43.5 Å². The van der Waals surface area contributed by atoms with E-state index in [2.05, 4.69) is 10.4 Å². The summed E-state index contributed by atoms with van der Waals surface area (Å²) in [4.78, 5) is 27.1. The number of aryl methyl sites for hydroxylation is 2. The fraction of sp³-hybridized carbons (Fsp3) is 0.320. The molecule has 0 unspecified atom stereocenters. The standard InChI is InChI=1S/C25H27N5O4/c1-15-11-17-12-18(5-6-20(17)30(15)24(32)26-4)34-21-7-9-27-29-13-19(16(2)22(21)29)23(31)28-10-8-25(3,33)14-28/h5-7,9,11-13,33H,8,10,14H2,1-4H3,(H,26,32)/t25-/m0/s1.